The molecule has 11 nitrogen and oxygen atoms in total. The van der Waals surface area contributed by atoms with Crippen LogP contribution in [0.1, 0.15) is 55.1 Å². The first-order valence-electron chi connectivity index (χ1n) is 12.0. The van der Waals surface area contributed by atoms with Crippen LogP contribution in [-0.4, -0.2) is 55.1 Å². The number of nitriles is 1. The van der Waals surface area contributed by atoms with Gasteiger partial charge in [0.05, 0.1) is 11.9 Å². The van der Waals surface area contributed by atoms with Crippen molar-refractivity contribution in [2.75, 3.05) is 5.32 Å². The Bertz CT molecular complexity index is 1410. The molecule has 4 aliphatic carbocycles. The molecule has 3 heterocycles. The molecule has 2 bridgehead atoms. The molecule has 15 heteroatoms. The average Bonchev–Trinajstić information content (AvgIpc) is 3.53. The van der Waals surface area contributed by atoms with Gasteiger partial charge in [-0.15, -0.1) is 13.2 Å². The fourth-order valence-corrected chi connectivity index (χ4v) is 5.51. The van der Waals surface area contributed by atoms with Crippen LogP contribution in [-0.2, 0) is 16.1 Å². The molecule has 0 saturated heterocycles. The van der Waals surface area contributed by atoms with E-state index in [9.17, 15) is 23.2 Å². The lowest BCUT2D eigenvalue weighted by atomic mass is 9.50. The van der Waals surface area contributed by atoms with Crippen LogP contribution in [0.5, 0.6) is 0 Å². The molecule has 3 aromatic heterocycles. The summed E-state index contributed by atoms with van der Waals surface area (Å²) in [6, 6.07) is 4.77. The number of alkyl carbamates (subject to hydrolysis) is 1. The Balaban J connectivity index is 1.13. The number of hydrogen-bond acceptors (Lipinski definition) is 8. The van der Waals surface area contributed by atoms with Crippen LogP contribution >= 0.6 is 0 Å². The normalized spacial score (nSPS) is 27.9. The smallest absolute Gasteiger partial charge is 0.443 e. The number of nitrogens with one attached hydrogen (secondary N) is 3. The Kier molecular flexibility index (Phi) is 5.67. The number of hydrogen-bond donors (Lipinski definition) is 3. The zero-order valence-electron chi connectivity index (χ0n) is 19.8. The lowest BCUT2D eigenvalue weighted by Gasteiger charge is -2.61. The van der Waals surface area contributed by atoms with E-state index in [4.69, 9.17) is 4.74 Å². The summed E-state index contributed by atoms with van der Waals surface area (Å²) < 4.78 is 62.9. The summed E-state index contributed by atoms with van der Waals surface area (Å²) >= 11 is 0. The second-order valence-electron chi connectivity index (χ2n) is 10.1. The third-order valence-electron chi connectivity index (χ3n) is 7.41. The first-order valence-corrected chi connectivity index (χ1v) is 12.0. The number of aromatic amines is 1. The molecular formula is C23H22F4N8O3. The molecular weight excluding hydrogens is 512 g/mol. The van der Waals surface area contributed by atoms with Crippen molar-refractivity contribution in [3.05, 3.63) is 35.4 Å². The number of anilines is 2. The highest BCUT2D eigenvalue weighted by Gasteiger charge is 2.58. The van der Waals surface area contributed by atoms with Gasteiger partial charge in [0.2, 0.25) is 0 Å². The van der Waals surface area contributed by atoms with E-state index in [0.717, 1.165) is 19.3 Å². The summed E-state index contributed by atoms with van der Waals surface area (Å²) in [7, 11) is 0. The summed E-state index contributed by atoms with van der Waals surface area (Å²) in [5, 5.41) is 26.0. The number of carbonyl (C=O) groups excluding carboxylic acids is 1. The van der Waals surface area contributed by atoms with E-state index in [1.165, 1.54) is 16.8 Å². The molecule has 3 N–H and O–H groups in total. The molecule has 7 rings (SSSR count). The van der Waals surface area contributed by atoms with Crippen LogP contribution in [0.4, 0.5) is 34.0 Å². The van der Waals surface area contributed by atoms with E-state index in [1.54, 1.807) is 6.07 Å². The lowest BCUT2D eigenvalue weighted by Crippen LogP contribution is -2.68. The molecule has 4 aliphatic rings. The fraction of sp³-hybridized carbons (Fsp3) is 0.522. The topological polar surface area (TPSA) is 142 Å². The minimum Gasteiger partial charge on any atom is -0.443 e. The van der Waals surface area contributed by atoms with Gasteiger partial charge in [-0.25, -0.2) is 18.7 Å². The predicted molar refractivity (Wildman–Crippen MR) is 121 cm³/mol. The molecule has 200 valence electrons. The molecule has 0 spiro atoms. The number of ether oxygens (including phenoxy) is 2. The standard InChI is InChI=1S/C23H22F4N8O3/c24-19-14(1-2-17(19)38-21(36)31-22-5-11(6-22)7-22)15-4-18(33-32-15)30-20-16-3-12(10-37-23(25,26)27)34-35(16)9-13(8-28)29-20/h3-4,9,11,14,17,19H,1-2,5-7,10H2,(H,31,36)(H2,29,30,32,33)/t11?,14-,17-,19+,22?/m1/s1. The fourth-order valence-electron chi connectivity index (χ4n) is 5.51. The van der Waals surface area contributed by atoms with E-state index in [-0.39, 0.29) is 34.1 Å². The Labute approximate surface area is 212 Å². The van der Waals surface area contributed by atoms with Gasteiger partial charge in [-0.05, 0) is 44.1 Å². The van der Waals surface area contributed by atoms with Crippen LogP contribution < -0.4 is 10.6 Å². The number of alkyl halides is 4. The summed E-state index contributed by atoms with van der Waals surface area (Å²) in [4.78, 5) is 16.4. The molecule has 4 saturated carbocycles. The molecule has 0 radical (unpaired) electrons. The summed E-state index contributed by atoms with van der Waals surface area (Å²) in [6.45, 7) is -0.818. The number of rotatable bonds is 7. The first kappa shape index (κ1) is 24.4. The van der Waals surface area contributed by atoms with Crippen molar-refractivity contribution >= 4 is 23.2 Å². The maximum Gasteiger partial charge on any atom is 0.522 e. The molecule has 3 atom stereocenters. The number of H-pyrrole nitrogens is 1. The monoisotopic (exact) mass is 534 g/mol. The van der Waals surface area contributed by atoms with Gasteiger partial charge in [-0.1, -0.05) is 0 Å². The largest absolute Gasteiger partial charge is 0.522 e. The van der Waals surface area contributed by atoms with Crippen molar-refractivity contribution < 1.29 is 31.8 Å². The first-order chi connectivity index (χ1) is 18.1. The highest BCUT2D eigenvalue weighted by Crippen LogP contribution is 2.57. The summed E-state index contributed by atoms with van der Waals surface area (Å²) in [6.07, 6.45) is -2.77. The predicted octanol–water partition coefficient (Wildman–Crippen LogP) is 3.97. The maximum absolute atomic E-state index is 15.2. The van der Waals surface area contributed by atoms with Crippen molar-refractivity contribution in [1.29, 1.82) is 5.26 Å². The molecule has 0 aliphatic heterocycles. The molecule has 38 heavy (non-hydrogen) atoms. The third kappa shape index (κ3) is 4.60. The summed E-state index contributed by atoms with van der Waals surface area (Å²) in [5.74, 6) is 0.473. The third-order valence-corrected chi connectivity index (χ3v) is 7.41. The van der Waals surface area contributed by atoms with Crippen LogP contribution in [0.25, 0.3) is 5.52 Å². The highest BCUT2D eigenvalue weighted by molar-refractivity contribution is 5.73. The Morgan fingerprint density at radius 1 is 1.29 bits per heavy atom. The van der Waals surface area contributed by atoms with Crippen LogP contribution in [0.2, 0.25) is 0 Å². The van der Waals surface area contributed by atoms with Gasteiger partial charge in [0.1, 0.15) is 30.5 Å². The van der Waals surface area contributed by atoms with Crippen LogP contribution in [0.15, 0.2) is 18.3 Å². The van der Waals surface area contributed by atoms with Gasteiger partial charge in [-0.2, -0.15) is 15.5 Å². The lowest BCUT2D eigenvalue weighted by molar-refractivity contribution is -0.330. The SMILES string of the molecule is N#Cc1cn2nc(COC(F)(F)F)cc2c(Nc2cc([C@H]3CC[C@@H](OC(=O)NC45CC(C4)C5)[C@H]3F)[nH]n2)n1. The minimum absolute atomic E-state index is 0.0275. The van der Waals surface area contributed by atoms with Crippen molar-refractivity contribution in [3.8, 4) is 6.07 Å². The number of halogens is 4. The van der Waals surface area contributed by atoms with Crippen molar-refractivity contribution in [2.24, 2.45) is 5.92 Å². The van der Waals surface area contributed by atoms with E-state index >= 15 is 4.39 Å². The molecule has 0 aromatic carbocycles. The number of aromatic nitrogens is 5. The second-order valence-corrected chi connectivity index (χ2v) is 10.1. The number of fused-ring (bicyclic) bond motifs is 1. The number of carbonyl (C=O) groups is 1. The van der Waals surface area contributed by atoms with Crippen LogP contribution in [0.3, 0.4) is 0 Å². The van der Waals surface area contributed by atoms with Gasteiger partial charge < -0.3 is 15.4 Å². The van der Waals surface area contributed by atoms with Gasteiger partial charge >= 0.3 is 12.5 Å². The van der Waals surface area contributed by atoms with Gasteiger partial charge in [0.25, 0.3) is 0 Å². The quantitative estimate of drug-likeness (QED) is 0.387. The zero-order chi connectivity index (χ0) is 26.7. The molecule has 4 fully saturated rings. The van der Waals surface area contributed by atoms with Crippen molar-refractivity contribution in [2.45, 2.75) is 68.8 Å². The Morgan fingerprint density at radius 2 is 2.08 bits per heavy atom. The van der Waals surface area contributed by atoms with E-state index in [2.05, 4.69) is 35.7 Å². The van der Waals surface area contributed by atoms with Gasteiger partial charge in [-0.3, -0.25) is 9.84 Å². The van der Waals surface area contributed by atoms with Crippen molar-refractivity contribution in [3.63, 3.8) is 0 Å². The molecule has 3 aromatic rings. The molecule has 1 amide bonds. The van der Waals surface area contributed by atoms with Crippen molar-refractivity contribution in [1.82, 2.24) is 30.1 Å². The van der Waals surface area contributed by atoms with E-state index < -0.39 is 37.3 Å². The highest BCUT2D eigenvalue weighted by atomic mass is 19.4. The minimum atomic E-state index is -4.82. The average molecular weight is 534 g/mol. The summed E-state index contributed by atoms with van der Waals surface area (Å²) in [5.41, 5.74) is 0.534. The van der Waals surface area contributed by atoms with Gasteiger partial charge in [0, 0.05) is 23.2 Å². The molecule has 0 unspecified atom stereocenters. The van der Waals surface area contributed by atoms with Crippen LogP contribution in [0, 0.1) is 17.2 Å². The van der Waals surface area contributed by atoms with E-state index in [0.29, 0.717) is 24.5 Å². The Hall–Kier alpha value is -3.93. The Morgan fingerprint density at radius 3 is 2.76 bits per heavy atom. The number of amides is 1. The van der Waals surface area contributed by atoms with E-state index in [1.807, 2.05) is 6.07 Å². The maximum atomic E-state index is 15.2. The second kappa shape index (κ2) is 8.83. The zero-order valence-corrected chi connectivity index (χ0v) is 19.8. The van der Waals surface area contributed by atoms with Gasteiger partial charge in [0.15, 0.2) is 17.3 Å². The number of nitrogens with zero attached hydrogens (tertiary/aromatic N) is 5.